The van der Waals surface area contributed by atoms with Gasteiger partial charge in [-0.2, -0.15) is 5.10 Å². The first-order valence-corrected chi connectivity index (χ1v) is 20.4. The van der Waals surface area contributed by atoms with E-state index in [0.29, 0.717) is 54.1 Å². The number of allylic oxidation sites excluding steroid dienone is 1. The van der Waals surface area contributed by atoms with Crippen LogP contribution >= 0.6 is 11.3 Å². The molecule has 1 saturated carbocycles. The molecule has 3 atom stereocenters. The summed E-state index contributed by atoms with van der Waals surface area (Å²) in [4.78, 5) is 40.0. The highest BCUT2D eigenvalue weighted by atomic mass is 32.1. The molecule has 2 aliphatic carbocycles. The number of amides is 1. The van der Waals surface area contributed by atoms with Crippen LogP contribution in [0.4, 0.5) is 10.9 Å². The van der Waals surface area contributed by atoms with Crippen LogP contribution in [0.15, 0.2) is 72.4 Å². The zero-order valence-corrected chi connectivity index (χ0v) is 33.9. The van der Waals surface area contributed by atoms with Gasteiger partial charge in [0.25, 0.3) is 5.91 Å². The van der Waals surface area contributed by atoms with Crippen LogP contribution in [-0.2, 0) is 24.2 Å². The number of hydrogen-bond acceptors (Lipinski definition) is 9. The monoisotopic (exact) mass is 773 g/mol. The van der Waals surface area contributed by atoms with Crippen molar-refractivity contribution >= 4 is 44.4 Å². The number of likely N-dealkylation sites (N-methyl/N-ethyl adjacent to an activating group) is 1. The largest absolute Gasteiger partial charge is 0.476 e. The van der Waals surface area contributed by atoms with Crippen molar-refractivity contribution in [1.29, 1.82) is 0 Å². The zero-order valence-electron chi connectivity index (χ0n) is 33.1. The van der Waals surface area contributed by atoms with E-state index in [-0.39, 0.29) is 28.5 Å². The summed E-state index contributed by atoms with van der Waals surface area (Å²) in [6, 6.07) is 17.4. The van der Waals surface area contributed by atoms with Crippen LogP contribution < -0.4 is 10.2 Å². The highest BCUT2D eigenvalue weighted by Crippen LogP contribution is 2.67. The molecule has 1 amide bonds. The fourth-order valence-corrected chi connectivity index (χ4v) is 10.5. The van der Waals surface area contributed by atoms with Crippen molar-refractivity contribution < 1.29 is 19.4 Å². The Labute approximate surface area is 332 Å². The number of carbonyl (C=O) groups excluding carboxylic acids is 1. The van der Waals surface area contributed by atoms with E-state index in [1.165, 1.54) is 16.9 Å². The minimum Gasteiger partial charge on any atom is -0.476 e. The molecular weight excluding hydrogens is 723 g/mol. The van der Waals surface area contributed by atoms with E-state index < -0.39 is 5.97 Å². The van der Waals surface area contributed by atoms with Crippen molar-refractivity contribution in [3.8, 4) is 11.1 Å². The highest BCUT2D eigenvalue weighted by molar-refractivity contribution is 7.22. The predicted molar refractivity (Wildman–Crippen MR) is 222 cm³/mol. The van der Waals surface area contributed by atoms with Gasteiger partial charge in [0.2, 0.25) is 0 Å². The van der Waals surface area contributed by atoms with Crippen molar-refractivity contribution in [2.75, 3.05) is 44.0 Å². The molecule has 292 valence electrons. The Kier molecular flexibility index (Phi) is 10.1. The minimum atomic E-state index is -1.09. The SMILES string of the molecule is Cc1c(-c2ccc(N3CCc4cccc(C(=O)Nc5nc6ccccc6s5)c4C3)nc2C(=O)O)cnn1CC12CC(OCCN(C)C)C=C1C(C)(CC(C)C)C2. The summed E-state index contributed by atoms with van der Waals surface area (Å²) in [6.07, 6.45) is 8.10. The van der Waals surface area contributed by atoms with E-state index >= 15 is 0 Å². The number of carboxylic acid groups (broad SMARTS) is 1. The summed E-state index contributed by atoms with van der Waals surface area (Å²) < 4.78 is 9.45. The number of thiazole rings is 1. The van der Waals surface area contributed by atoms with Gasteiger partial charge in [-0.25, -0.2) is 14.8 Å². The second-order valence-electron chi connectivity index (χ2n) is 16.8. The number of aromatic nitrogens is 4. The van der Waals surface area contributed by atoms with Crippen LogP contribution in [0.1, 0.15) is 77.7 Å². The molecule has 0 spiro atoms. The number of carbonyl (C=O) groups is 2. The van der Waals surface area contributed by atoms with Gasteiger partial charge in [0, 0.05) is 47.4 Å². The van der Waals surface area contributed by atoms with Crippen LogP contribution in [0, 0.1) is 23.7 Å². The van der Waals surface area contributed by atoms with E-state index in [9.17, 15) is 14.7 Å². The molecule has 1 aliphatic heterocycles. The Bertz CT molecular complexity index is 2310. The molecule has 1 fully saturated rings. The van der Waals surface area contributed by atoms with E-state index in [2.05, 4.69) is 71.8 Å². The first-order valence-electron chi connectivity index (χ1n) is 19.6. The molecule has 0 bridgehead atoms. The third-order valence-corrected chi connectivity index (χ3v) is 12.9. The number of rotatable bonds is 13. The molecule has 4 heterocycles. The number of aromatic carboxylic acids is 1. The molecule has 11 nitrogen and oxygen atoms in total. The Hall–Kier alpha value is -4.91. The third-order valence-electron chi connectivity index (χ3n) is 11.9. The lowest BCUT2D eigenvalue weighted by Gasteiger charge is -2.56. The minimum absolute atomic E-state index is 0.0139. The number of anilines is 2. The maximum absolute atomic E-state index is 13.6. The standard InChI is InChI=1S/C44H51N7O4S/c1-27(2)21-43(4)25-44(22-30(20-37(43)44)55-19-18-49(5)6)26-51-28(3)33(23-45-51)31-14-15-38(47-39(31)41(53)54)50-17-16-29-10-9-11-32(34(29)24-50)40(52)48-42-46-35-12-7-8-13-36(35)56-42/h7-15,20,23,27,30H,16-19,21-22,24-26H2,1-6H3,(H,53,54)(H,46,48,52). The molecule has 12 heteroatoms. The van der Waals surface area contributed by atoms with Gasteiger partial charge < -0.3 is 19.6 Å². The van der Waals surface area contributed by atoms with Crippen molar-refractivity contribution in [2.24, 2.45) is 16.7 Å². The third kappa shape index (κ3) is 7.14. The molecule has 2 N–H and O–H groups in total. The molecule has 0 saturated heterocycles. The van der Waals surface area contributed by atoms with Gasteiger partial charge in [-0.1, -0.05) is 68.0 Å². The summed E-state index contributed by atoms with van der Waals surface area (Å²) in [5.74, 6) is -0.166. The number of para-hydroxylation sites is 1. The lowest BCUT2D eigenvalue weighted by atomic mass is 9.48. The second-order valence-corrected chi connectivity index (χ2v) is 17.9. The van der Waals surface area contributed by atoms with Crippen LogP contribution in [0.5, 0.6) is 0 Å². The molecule has 56 heavy (non-hydrogen) atoms. The fourth-order valence-electron chi connectivity index (χ4n) is 9.68. The number of ether oxygens (including phenoxy) is 1. The quantitative estimate of drug-likeness (QED) is 0.114. The molecule has 3 aliphatic rings. The molecule has 8 rings (SSSR count). The summed E-state index contributed by atoms with van der Waals surface area (Å²) in [6.45, 7) is 12.4. The van der Waals surface area contributed by atoms with Crippen molar-refractivity contribution in [1.82, 2.24) is 24.6 Å². The summed E-state index contributed by atoms with van der Waals surface area (Å²) in [5.41, 5.74) is 7.23. The van der Waals surface area contributed by atoms with Gasteiger partial charge in [-0.3, -0.25) is 14.8 Å². The normalized spacial score (nSPS) is 21.6. The van der Waals surface area contributed by atoms with Gasteiger partial charge in [0.1, 0.15) is 5.82 Å². The zero-order chi connectivity index (χ0) is 39.4. The molecule has 0 radical (unpaired) electrons. The first kappa shape index (κ1) is 38.0. The number of benzene rings is 2. The van der Waals surface area contributed by atoms with Gasteiger partial charge in [0.05, 0.1) is 35.7 Å². The molecular formula is C44H51N7O4S. The molecule has 5 aromatic rings. The van der Waals surface area contributed by atoms with E-state index in [4.69, 9.17) is 14.8 Å². The maximum Gasteiger partial charge on any atom is 0.355 e. The highest BCUT2D eigenvalue weighted by Gasteiger charge is 2.60. The van der Waals surface area contributed by atoms with Crippen LogP contribution in [0.25, 0.3) is 21.3 Å². The lowest BCUT2D eigenvalue weighted by Crippen LogP contribution is -2.49. The average Bonchev–Trinajstić information content (AvgIpc) is 3.83. The van der Waals surface area contributed by atoms with Crippen LogP contribution in [0.3, 0.4) is 0 Å². The average molecular weight is 774 g/mol. The summed E-state index contributed by atoms with van der Waals surface area (Å²) >= 11 is 1.44. The van der Waals surface area contributed by atoms with Gasteiger partial charge >= 0.3 is 5.97 Å². The molecule has 3 aromatic heterocycles. The molecule has 2 aromatic carbocycles. The number of pyridine rings is 1. The number of hydrogen-bond donors (Lipinski definition) is 2. The Balaban J connectivity index is 1.02. The van der Waals surface area contributed by atoms with Crippen LogP contribution in [-0.4, -0.2) is 81.5 Å². The van der Waals surface area contributed by atoms with Crippen molar-refractivity contribution in [2.45, 2.75) is 72.6 Å². The fraction of sp³-hybridized carbons (Fsp3) is 0.432. The lowest BCUT2D eigenvalue weighted by molar-refractivity contribution is 0.00553. The van der Waals surface area contributed by atoms with E-state index in [0.717, 1.165) is 65.0 Å². The number of nitrogens with zero attached hydrogens (tertiary/aromatic N) is 6. The topological polar surface area (TPSA) is 126 Å². The Morgan fingerprint density at radius 1 is 1.09 bits per heavy atom. The summed E-state index contributed by atoms with van der Waals surface area (Å²) in [5, 5.41) is 18.9. The maximum atomic E-state index is 13.6. The first-order chi connectivity index (χ1) is 26.8. The predicted octanol–water partition coefficient (Wildman–Crippen LogP) is 8.10. The summed E-state index contributed by atoms with van der Waals surface area (Å²) in [7, 11) is 4.13. The van der Waals surface area contributed by atoms with E-state index in [1.807, 2.05) is 55.5 Å². The Morgan fingerprint density at radius 2 is 1.91 bits per heavy atom. The van der Waals surface area contributed by atoms with Crippen LogP contribution in [0.2, 0.25) is 0 Å². The van der Waals surface area contributed by atoms with Crippen molar-refractivity contribution in [3.05, 3.63) is 101 Å². The number of fused-ring (bicyclic) bond motifs is 3. The van der Waals surface area contributed by atoms with Gasteiger partial charge in [-0.15, -0.1) is 0 Å². The smallest absolute Gasteiger partial charge is 0.355 e. The van der Waals surface area contributed by atoms with E-state index in [1.54, 1.807) is 6.20 Å². The Morgan fingerprint density at radius 3 is 2.68 bits per heavy atom. The number of nitrogens with one attached hydrogen (secondary N) is 1. The van der Waals surface area contributed by atoms with Crippen molar-refractivity contribution in [3.63, 3.8) is 0 Å². The molecule has 3 unspecified atom stereocenters. The van der Waals surface area contributed by atoms with Gasteiger partial charge in [-0.05, 0) is 99.5 Å². The second kappa shape index (κ2) is 14.9. The number of carboxylic acids is 1. The van der Waals surface area contributed by atoms with Gasteiger partial charge in [0.15, 0.2) is 10.8 Å².